The number of hydrogen-bond acceptors (Lipinski definition) is 2. The summed E-state index contributed by atoms with van der Waals surface area (Å²) in [5.74, 6) is 0. The summed E-state index contributed by atoms with van der Waals surface area (Å²) in [5.41, 5.74) is -1.25. The molecule has 1 aliphatic rings. The van der Waals surface area contributed by atoms with E-state index >= 15 is 0 Å². The summed E-state index contributed by atoms with van der Waals surface area (Å²) in [7, 11) is 0. The molecule has 1 rings (SSSR count). The van der Waals surface area contributed by atoms with Gasteiger partial charge in [0.05, 0.1) is 16.8 Å². The Morgan fingerprint density at radius 2 is 1.75 bits per heavy atom. The molecule has 2 nitrogen and oxygen atoms in total. The van der Waals surface area contributed by atoms with E-state index in [4.69, 9.17) is 4.74 Å². The molecular weight excluding hydrogens is 152 g/mol. The molecule has 1 fully saturated rings. The van der Waals surface area contributed by atoms with Gasteiger partial charge in [-0.1, -0.05) is 6.92 Å². The van der Waals surface area contributed by atoms with Crippen LogP contribution in [0.1, 0.15) is 47.5 Å². The largest absolute Gasteiger partial charge is 0.387 e. The highest BCUT2D eigenvalue weighted by Crippen LogP contribution is 2.46. The van der Waals surface area contributed by atoms with Crippen LogP contribution in [0, 0.1) is 0 Å². The first-order valence-electron chi connectivity index (χ1n) is 4.65. The van der Waals surface area contributed by atoms with Gasteiger partial charge in [0.2, 0.25) is 0 Å². The Kier molecular flexibility index (Phi) is 2.05. The van der Waals surface area contributed by atoms with Crippen LogP contribution in [0.2, 0.25) is 0 Å². The van der Waals surface area contributed by atoms with Crippen molar-refractivity contribution < 1.29 is 9.84 Å². The van der Waals surface area contributed by atoms with E-state index < -0.39 is 11.2 Å². The molecule has 1 N–H and O–H groups in total. The van der Waals surface area contributed by atoms with Crippen molar-refractivity contribution in [1.29, 1.82) is 0 Å². The zero-order valence-corrected chi connectivity index (χ0v) is 8.77. The minimum absolute atomic E-state index is 0.186. The smallest absolute Gasteiger partial charge is 0.0955 e. The van der Waals surface area contributed by atoms with Crippen LogP contribution in [0.15, 0.2) is 0 Å². The SMILES string of the molecule is CCC1(O)CC(C)(C)OC1(C)C. The monoisotopic (exact) mass is 172 g/mol. The lowest BCUT2D eigenvalue weighted by atomic mass is 9.80. The van der Waals surface area contributed by atoms with Crippen LogP contribution in [-0.4, -0.2) is 21.9 Å². The van der Waals surface area contributed by atoms with E-state index in [-0.39, 0.29) is 5.60 Å². The second-order valence-corrected chi connectivity index (χ2v) is 4.93. The number of rotatable bonds is 1. The lowest BCUT2D eigenvalue weighted by Gasteiger charge is -2.34. The molecule has 0 bridgehead atoms. The Bertz CT molecular complexity index is 184. The topological polar surface area (TPSA) is 29.5 Å². The van der Waals surface area contributed by atoms with Gasteiger partial charge in [0.15, 0.2) is 0 Å². The van der Waals surface area contributed by atoms with Crippen molar-refractivity contribution in [2.75, 3.05) is 0 Å². The van der Waals surface area contributed by atoms with Crippen molar-refractivity contribution in [2.24, 2.45) is 0 Å². The minimum atomic E-state index is -0.656. The normalized spacial score (nSPS) is 38.5. The zero-order valence-electron chi connectivity index (χ0n) is 8.77. The number of ether oxygens (including phenoxy) is 1. The number of hydrogen-bond donors (Lipinski definition) is 1. The van der Waals surface area contributed by atoms with Crippen LogP contribution < -0.4 is 0 Å². The van der Waals surface area contributed by atoms with Gasteiger partial charge < -0.3 is 9.84 Å². The second-order valence-electron chi connectivity index (χ2n) is 4.93. The molecule has 1 atom stereocenters. The predicted octanol–water partition coefficient (Wildman–Crippen LogP) is 2.10. The molecule has 0 spiro atoms. The van der Waals surface area contributed by atoms with Crippen LogP contribution >= 0.6 is 0 Å². The van der Waals surface area contributed by atoms with Gasteiger partial charge in [-0.05, 0) is 34.1 Å². The maximum absolute atomic E-state index is 10.2. The average Bonchev–Trinajstić information content (AvgIpc) is 1.98. The molecule has 1 aliphatic heterocycles. The van der Waals surface area contributed by atoms with E-state index in [1.807, 2.05) is 34.6 Å². The van der Waals surface area contributed by atoms with E-state index in [2.05, 4.69) is 0 Å². The molecule has 0 saturated carbocycles. The number of aliphatic hydroxyl groups is 1. The lowest BCUT2D eigenvalue weighted by molar-refractivity contribution is -0.127. The van der Waals surface area contributed by atoms with Crippen LogP contribution in [-0.2, 0) is 4.74 Å². The maximum Gasteiger partial charge on any atom is 0.0955 e. The van der Waals surface area contributed by atoms with Crippen molar-refractivity contribution in [3.05, 3.63) is 0 Å². The molecule has 12 heavy (non-hydrogen) atoms. The maximum atomic E-state index is 10.2. The molecule has 1 unspecified atom stereocenters. The van der Waals surface area contributed by atoms with E-state index in [0.717, 1.165) is 12.8 Å². The molecule has 2 heteroatoms. The molecule has 0 aliphatic carbocycles. The summed E-state index contributed by atoms with van der Waals surface area (Å²) >= 11 is 0. The van der Waals surface area contributed by atoms with Crippen molar-refractivity contribution in [3.8, 4) is 0 Å². The van der Waals surface area contributed by atoms with Gasteiger partial charge in [0, 0.05) is 6.42 Å². The van der Waals surface area contributed by atoms with Gasteiger partial charge in [0.1, 0.15) is 0 Å². The summed E-state index contributed by atoms with van der Waals surface area (Å²) in [6.45, 7) is 9.99. The highest BCUT2D eigenvalue weighted by atomic mass is 16.5. The Balaban J connectivity index is 2.92. The Morgan fingerprint density at radius 1 is 1.25 bits per heavy atom. The van der Waals surface area contributed by atoms with Crippen LogP contribution in [0.5, 0.6) is 0 Å². The molecule has 72 valence electrons. The second kappa shape index (κ2) is 2.46. The van der Waals surface area contributed by atoms with Gasteiger partial charge in [0.25, 0.3) is 0 Å². The summed E-state index contributed by atoms with van der Waals surface area (Å²) in [6.07, 6.45) is 1.48. The summed E-state index contributed by atoms with van der Waals surface area (Å²) in [4.78, 5) is 0. The summed E-state index contributed by atoms with van der Waals surface area (Å²) < 4.78 is 5.79. The van der Waals surface area contributed by atoms with Crippen LogP contribution in [0.4, 0.5) is 0 Å². The zero-order chi connectivity index (χ0) is 9.62. The van der Waals surface area contributed by atoms with E-state index in [1.54, 1.807) is 0 Å². The fourth-order valence-electron chi connectivity index (χ4n) is 2.29. The molecule has 0 aromatic rings. The molecule has 0 aromatic heterocycles. The Morgan fingerprint density at radius 3 is 1.92 bits per heavy atom. The van der Waals surface area contributed by atoms with E-state index in [9.17, 15) is 5.11 Å². The molecule has 0 amide bonds. The van der Waals surface area contributed by atoms with E-state index in [1.165, 1.54) is 0 Å². The Labute approximate surface area is 74.9 Å². The van der Waals surface area contributed by atoms with Crippen LogP contribution in [0.25, 0.3) is 0 Å². The van der Waals surface area contributed by atoms with Crippen LogP contribution in [0.3, 0.4) is 0 Å². The Hall–Kier alpha value is -0.0800. The molecule has 0 radical (unpaired) electrons. The highest BCUT2D eigenvalue weighted by molar-refractivity contribution is 5.05. The fourth-order valence-corrected chi connectivity index (χ4v) is 2.29. The summed E-state index contributed by atoms with van der Waals surface area (Å²) in [5, 5.41) is 10.2. The first-order chi connectivity index (χ1) is 5.22. The van der Waals surface area contributed by atoms with Gasteiger partial charge in [-0.15, -0.1) is 0 Å². The van der Waals surface area contributed by atoms with Crippen molar-refractivity contribution in [1.82, 2.24) is 0 Å². The fraction of sp³-hybridized carbons (Fsp3) is 1.00. The summed E-state index contributed by atoms with van der Waals surface area (Å²) in [6, 6.07) is 0. The van der Waals surface area contributed by atoms with Crippen molar-refractivity contribution in [3.63, 3.8) is 0 Å². The highest BCUT2D eigenvalue weighted by Gasteiger charge is 2.55. The molecule has 1 heterocycles. The van der Waals surface area contributed by atoms with Crippen molar-refractivity contribution in [2.45, 2.75) is 64.3 Å². The molecular formula is C10H20O2. The predicted molar refractivity (Wildman–Crippen MR) is 49.1 cm³/mol. The molecule has 0 aromatic carbocycles. The minimum Gasteiger partial charge on any atom is -0.387 e. The van der Waals surface area contributed by atoms with Gasteiger partial charge in [-0.3, -0.25) is 0 Å². The average molecular weight is 172 g/mol. The van der Waals surface area contributed by atoms with Gasteiger partial charge in [-0.2, -0.15) is 0 Å². The third kappa shape index (κ3) is 1.38. The standard InChI is InChI=1S/C10H20O2/c1-6-10(11)7-8(2,3)12-9(10,4)5/h11H,6-7H2,1-5H3. The van der Waals surface area contributed by atoms with Gasteiger partial charge in [-0.25, -0.2) is 0 Å². The quantitative estimate of drug-likeness (QED) is 0.656. The lowest BCUT2D eigenvalue weighted by Crippen LogP contribution is -2.45. The van der Waals surface area contributed by atoms with E-state index in [0.29, 0.717) is 0 Å². The third-order valence-electron chi connectivity index (χ3n) is 2.96. The first-order valence-corrected chi connectivity index (χ1v) is 4.65. The van der Waals surface area contributed by atoms with Gasteiger partial charge >= 0.3 is 0 Å². The first kappa shape index (κ1) is 10.0. The molecule has 1 saturated heterocycles. The van der Waals surface area contributed by atoms with Crippen molar-refractivity contribution >= 4 is 0 Å². The third-order valence-corrected chi connectivity index (χ3v) is 2.96.